The Morgan fingerprint density at radius 2 is 1.95 bits per heavy atom. The van der Waals surface area contributed by atoms with Crippen LogP contribution >= 0.6 is 0 Å². The number of anilines is 1. The first kappa shape index (κ1) is 14.3. The van der Waals surface area contributed by atoms with Crippen LogP contribution in [0.3, 0.4) is 0 Å². The maximum atomic E-state index is 11.2. The number of benzene rings is 1. The molecule has 1 aliphatic heterocycles. The highest BCUT2D eigenvalue weighted by Gasteiger charge is 2.25. The highest BCUT2D eigenvalue weighted by Crippen LogP contribution is 2.25. The van der Waals surface area contributed by atoms with Crippen molar-refractivity contribution >= 4 is 15.7 Å². The van der Waals surface area contributed by atoms with E-state index in [1.807, 2.05) is 12.1 Å². The molecule has 19 heavy (non-hydrogen) atoms. The molecule has 0 aromatic heterocycles. The van der Waals surface area contributed by atoms with Crippen LogP contribution in [-0.4, -0.2) is 27.5 Å². The summed E-state index contributed by atoms with van der Waals surface area (Å²) in [4.78, 5) is 2.40. The molecule has 4 N–H and O–H groups in total. The summed E-state index contributed by atoms with van der Waals surface area (Å²) in [5.41, 5.74) is 7.11. The van der Waals surface area contributed by atoms with Gasteiger partial charge in [0.1, 0.15) is 0 Å². The molecule has 0 bridgehead atoms. The van der Waals surface area contributed by atoms with E-state index in [0.29, 0.717) is 5.92 Å². The van der Waals surface area contributed by atoms with E-state index in [0.717, 1.165) is 31.6 Å². The van der Waals surface area contributed by atoms with Crippen LogP contribution in [0.2, 0.25) is 0 Å². The first-order valence-electron chi connectivity index (χ1n) is 6.55. The monoisotopic (exact) mass is 283 g/mol. The van der Waals surface area contributed by atoms with E-state index in [1.54, 1.807) is 12.1 Å². The second kappa shape index (κ2) is 5.48. The number of primary sulfonamides is 1. The van der Waals surface area contributed by atoms with Crippen molar-refractivity contribution in [1.82, 2.24) is 0 Å². The molecule has 0 radical (unpaired) electrons. The summed E-state index contributed by atoms with van der Waals surface area (Å²) in [7, 11) is -3.61. The predicted octanol–water partition coefficient (Wildman–Crippen LogP) is 0.898. The number of sulfonamides is 1. The second-order valence-corrected chi connectivity index (χ2v) is 6.67. The lowest BCUT2D eigenvalue weighted by Crippen LogP contribution is -2.46. The molecule has 1 aromatic carbocycles. The van der Waals surface area contributed by atoms with Gasteiger partial charge in [0.15, 0.2) is 0 Å². The van der Waals surface area contributed by atoms with Crippen LogP contribution in [0.1, 0.15) is 19.8 Å². The van der Waals surface area contributed by atoms with Gasteiger partial charge >= 0.3 is 0 Å². The minimum absolute atomic E-state index is 0.150. The average Bonchev–Trinajstić information content (AvgIpc) is 2.38. The standard InChI is InChI=1S/C13H21N3O2S/c1-2-10-9-16(8-7-13(10)14)11-3-5-12(6-4-11)19(15,17)18/h3-6,10,13H,2,7-9,14H2,1H3,(H2,15,17,18). The number of rotatable bonds is 3. The van der Waals surface area contributed by atoms with Crippen molar-refractivity contribution in [2.45, 2.75) is 30.7 Å². The number of hydrogen-bond donors (Lipinski definition) is 2. The largest absolute Gasteiger partial charge is 0.371 e. The van der Waals surface area contributed by atoms with Crippen molar-refractivity contribution < 1.29 is 8.42 Å². The third-order valence-electron chi connectivity index (χ3n) is 3.85. The summed E-state index contributed by atoms with van der Waals surface area (Å²) < 4.78 is 22.4. The smallest absolute Gasteiger partial charge is 0.238 e. The Bertz CT molecular complexity index is 527. The average molecular weight is 283 g/mol. The molecule has 1 saturated heterocycles. The molecule has 6 heteroatoms. The normalized spacial score (nSPS) is 24.5. The van der Waals surface area contributed by atoms with Crippen molar-refractivity contribution in [3.63, 3.8) is 0 Å². The SMILES string of the molecule is CCC1CN(c2ccc(S(N)(=O)=O)cc2)CCC1N. The van der Waals surface area contributed by atoms with Crippen molar-refractivity contribution in [2.75, 3.05) is 18.0 Å². The Hall–Kier alpha value is -1.11. The van der Waals surface area contributed by atoms with Crippen LogP contribution in [-0.2, 0) is 10.0 Å². The van der Waals surface area contributed by atoms with Gasteiger partial charge in [-0.1, -0.05) is 13.3 Å². The summed E-state index contributed by atoms with van der Waals surface area (Å²) in [6.45, 7) is 3.98. The minimum Gasteiger partial charge on any atom is -0.371 e. The molecule has 0 amide bonds. The molecule has 106 valence electrons. The van der Waals surface area contributed by atoms with E-state index in [2.05, 4.69) is 11.8 Å². The maximum absolute atomic E-state index is 11.2. The lowest BCUT2D eigenvalue weighted by atomic mass is 9.90. The molecule has 2 rings (SSSR count). The summed E-state index contributed by atoms with van der Waals surface area (Å²) in [5.74, 6) is 0.492. The topological polar surface area (TPSA) is 89.4 Å². The first-order chi connectivity index (χ1) is 8.91. The van der Waals surface area contributed by atoms with Crippen LogP contribution in [0.15, 0.2) is 29.2 Å². The predicted molar refractivity (Wildman–Crippen MR) is 76.4 cm³/mol. The van der Waals surface area contributed by atoms with Crippen LogP contribution in [0.25, 0.3) is 0 Å². The Labute approximate surface area is 114 Å². The third-order valence-corrected chi connectivity index (χ3v) is 4.78. The number of hydrogen-bond acceptors (Lipinski definition) is 4. The van der Waals surface area contributed by atoms with Crippen LogP contribution in [0, 0.1) is 5.92 Å². The van der Waals surface area contributed by atoms with Crippen LogP contribution in [0.4, 0.5) is 5.69 Å². The summed E-state index contributed by atoms with van der Waals surface area (Å²) in [6.07, 6.45) is 2.03. The van der Waals surface area contributed by atoms with Gasteiger partial charge in [-0.15, -0.1) is 0 Å². The lowest BCUT2D eigenvalue weighted by Gasteiger charge is -2.38. The van der Waals surface area contributed by atoms with E-state index >= 15 is 0 Å². The summed E-state index contributed by atoms with van der Waals surface area (Å²) >= 11 is 0. The molecule has 5 nitrogen and oxygen atoms in total. The van der Waals surface area contributed by atoms with Gasteiger partial charge in [-0.05, 0) is 36.6 Å². The molecule has 2 atom stereocenters. The zero-order valence-electron chi connectivity index (χ0n) is 11.1. The van der Waals surface area contributed by atoms with Gasteiger partial charge in [-0.2, -0.15) is 0 Å². The van der Waals surface area contributed by atoms with Gasteiger partial charge in [-0.3, -0.25) is 0 Å². The van der Waals surface area contributed by atoms with Gasteiger partial charge in [0.25, 0.3) is 0 Å². The van der Waals surface area contributed by atoms with Crippen molar-refractivity contribution in [2.24, 2.45) is 16.8 Å². The number of piperidine rings is 1. The van der Waals surface area contributed by atoms with E-state index in [4.69, 9.17) is 10.9 Å². The highest BCUT2D eigenvalue weighted by molar-refractivity contribution is 7.89. The molecule has 0 aliphatic carbocycles. The van der Waals surface area contributed by atoms with Gasteiger partial charge in [0, 0.05) is 24.8 Å². The van der Waals surface area contributed by atoms with E-state index < -0.39 is 10.0 Å². The first-order valence-corrected chi connectivity index (χ1v) is 8.10. The third kappa shape index (κ3) is 3.26. The second-order valence-electron chi connectivity index (χ2n) is 5.11. The molecular weight excluding hydrogens is 262 g/mol. The summed E-state index contributed by atoms with van der Waals surface area (Å²) in [5, 5.41) is 5.09. The zero-order chi connectivity index (χ0) is 14.0. The zero-order valence-corrected chi connectivity index (χ0v) is 11.9. The molecule has 0 saturated carbocycles. The lowest BCUT2D eigenvalue weighted by molar-refractivity contribution is 0.348. The Morgan fingerprint density at radius 1 is 1.32 bits per heavy atom. The van der Waals surface area contributed by atoms with Crippen LogP contribution < -0.4 is 15.8 Å². The number of nitrogens with zero attached hydrogens (tertiary/aromatic N) is 1. The molecule has 1 aliphatic rings. The molecule has 2 unspecified atom stereocenters. The van der Waals surface area contributed by atoms with Gasteiger partial charge in [0.05, 0.1) is 4.90 Å². The maximum Gasteiger partial charge on any atom is 0.238 e. The van der Waals surface area contributed by atoms with E-state index in [-0.39, 0.29) is 10.9 Å². The fraction of sp³-hybridized carbons (Fsp3) is 0.538. The molecule has 1 aromatic rings. The quantitative estimate of drug-likeness (QED) is 0.862. The Balaban J connectivity index is 2.15. The van der Waals surface area contributed by atoms with Crippen molar-refractivity contribution in [3.8, 4) is 0 Å². The van der Waals surface area contributed by atoms with Gasteiger partial charge in [0.2, 0.25) is 10.0 Å². The highest BCUT2D eigenvalue weighted by atomic mass is 32.2. The Morgan fingerprint density at radius 3 is 2.47 bits per heavy atom. The molecular formula is C13H21N3O2S. The molecule has 1 fully saturated rings. The van der Waals surface area contributed by atoms with Crippen molar-refractivity contribution in [1.29, 1.82) is 0 Å². The molecule has 1 heterocycles. The number of nitrogens with two attached hydrogens (primary N) is 2. The fourth-order valence-electron chi connectivity index (χ4n) is 2.56. The van der Waals surface area contributed by atoms with Crippen molar-refractivity contribution in [3.05, 3.63) is 24.3 Å². The Kier molecular flexibility index (Phi) is 4.13. The van der Waals surface area contributed by atoms with Gasteiger partial charge < -0.3 is 10.6 Å². The van der Waals surface area contributed by atoms with Crippen LogP contribution in [0.5, 0.6) is 0 Å². The van der Waals surface area contributed by atoms with E-state index in [9.17, 15) is 8.42 Å². The fourth-order valence-corrected chi connectivity index (χ4v) is 3.08. The summed E-state index contributed by atoms with van der Waals surface area (Å²) in [6, 6.07) is 7.00. The van der Waals surface area contributed by atoms with E-state index in [1.165, 1.54) is 0 Å². The molecule has 0 spiro atoms. The van der Waals surface area contributed by atoms with Gasteiger partial charge in [-0.25, -0.2) is 13.6 Å². The minimum atomic E-state index is -3.61.